The number of rotatable bonds is 3. The van der Waals surface area contributed by atoms with E-state index in [0.717, 1.165) is 18.2 Å². The van der Waals surface area contributed by atoms with Gasteiger partial charge in [0.15, 0.2) is 0 Å². The molecule has 0 saturated carbocycles. The molecule has 1 aliphatic rings. The van der Waals surface area contributed by atoms with Crippen LogP contribution in [-0.4, -0.2) is 29.2 Å². The second-order valence-electron chi connectivity index (χ2n) is 5.24. The Labute approximate surface area is 129 Å². The molecule has 8 heteroatoms. The van der Waals surface area contributed by atoms with Crippen molar-refractivity contribution < 1.29 is 18.1 Å². The highest BCUT2D eigenvalue weighted by Gasteiger charge is 2.31. The van der Waals surface area contributed by atoms with E-state index in [0.29, 0.717) is 0 Å². The maximum atomic E-state index is 14.0. The number of halogens is 3. The molecule has 1 saturated heterocycles. The highest BCUT2D eigenvalue weighted by atomic mass is 19.1. The maximum Gasteiger partial charge on any atom is 0.319 e. The van der Waals surface area contributed by atoms with Crippen LogP contribution in [0.5, 0.6) is 0 Å². The molecule has 3 rings (SSSR count). The van der Waals surface area contributed by atoms with Gasteiger partial charge in [-0.2, -0.15) is 0 Å². The first-order valence-corrected chi connectivity index (χ1v) is 6.95. The van der Waals surface area contributed by atoms with Crippen LogP contribution in [0.4, 0.5) is 24.7 Å². The van der Waals surface area contributed by atoms with E-state index in [1.807, 2.05) is 0 Å². The fraction of sp³-hybridized carbons (Fsp3) is 0.267. The highest BCUT2D eigenvalue weighted by molar-refractivity contribution is 5.80. The quantitative estimate of drug-likeness (QED) is 0.641. The Balaban J connectivity index is 2.18. The Morgan fingerprint density at radius 2 is 2.04 bits per heavy atom. The monoisotopic (exact) mass is 323 g/mol. The zero-order chi connectivity index (χ0) is 16.6. The van der Waals surface area contributed by atoms with Crippen molar-refractivity contribution in [2.45, 2.75) is 12.6 Å². The van der Waals surface area contributed by atoms with Crippen LogP contribution in [0, 0.1) is 21.7 Å². The largest absolute Gasteiger partial charge is 0.348 e. The summed E-state index contributed by atoms with van der Waals surface area (Å²) in [5, 5.41) is 11.5. The smallest absolute Gasteiger partial charge is 0.319 e. The number of aromatic nitrogens is 1. The number of nitrogens with zero attached hydrogens (tertiary/aromatic N) is 3. The van der Waals surface area contributed by atoms with Crippen LogP contribution in [0.1, 0.15) is 6.42 Å². The van der Waals surface area contributed by atoms with Gasteiger partial charge in [-0.25, -0.2) is 18.2 Å². The molecule has 0 aliphatic carbocycles. The minimum Gasteiger partial charge on any atom is -0.348 e. The summed E-state index contributed by atoms with van der Waals surface area (Å²) in [6, 6.07) is 3.98. The number of alkyl halides is 1. The topological polar surface area (TPSA) is 59.3 Å². The lowest BCUT2D eigenvalue weighted by molar-refractivity contribution is -0.383. The molecular weight excluding hydrogens is 311 g/mol. The van der Waals surface area contributed by atoms with Crippen molar-refractivity contribution in [1.29, 1.82) is 0 Å². The van der Waals surface area contributed by atoms with Crippen molar-refractivity contribution in [3.05, 3.63) is 52.2 Å². The van der Waals surface area contributed by atoms with E-state index in [1.165, 1.54) is 17.2 Å². The zero-order valence-electron chi connectivity index (χ0n) is 11.9. The van der Waals surface area contributed by atoms with E-state index in [2.05, 4.69) is 4.98 Å². The molecule has 1 unspecified atom stereocenters. The van der Waals surface area contributed by atoms with Crippen molar-refractivity contribution in [1.82, 2.24) is 4.98 Å². The molecule has 1 aromatic heterocycles. The Kier molecular flexibility index (Phi) is 3.89. The molecule has 1 aromatic carbocycles. The third-order valence-electron chi connectivity index (χ3n) is 3.74. The third-order valence-corrected chi connectivity index (χ3v) is 3.74. The van der Waals surface area contributed by atoms with Crippen LogP contribution in [0.25, 0.3) is 11.1 Å². The first kappa shape index (κ1) is 15.3. The summed E-state index contributed by atoms with van der Waals surface area (Å²) in [7, 11) is 0. The molecule has 23 heavy (non-hydrogen) atoms. The number of anilines is 1. The van der Waals surface area contributed by atoms with E-state index in [4.69, 9.17) is 0 Å². The summed E-state index contributed by atoms with van der Waals surface area (Å²) in [5.41, 5.74) is -0.762. The molecule has 1 fully saturated rings. The van der Waals surface area contributed by atoms with Gasteiger partial charge >= 0.3 is 5.69 Å². The fourth-order valence-corrected chi connectivity index (χ4v) is 2.69. The molecule has 0 spiro atoms. The molecule has 2 heterocycles. The standard InChI is InChI=1S/C15H12F3N3O2/c16-9-1-2-13(18)12(7-9)11-3-5-19-15(14(11)21(22)23)20-6-4-10(17)8-20/h1-3,5,7,10H,4,6,8H2. The number of benzene rings is 1. The summed E-state index contributed by atoms with van der Waals surface area (Å²) in [6.07, 6.45) is 0.427. The van der Waals surface area contributed by atoms with Gasteiger partial charge in [-0.05, 0) is 30.7 Å². The molecule has 0 radical (unpaired) electrons. The van der Waals surface area contributed by atoms with Crippen molar-refractivity contribution in [3.8, 4) is 11.1 Å². The first-order valence-electron chi connectivity index (χ1n) is 6.95. The lowest BCUT2D eigenvalue weighted by Gasteiger charge is -2.17. The van der Waals surface area contributed by atoms with Crippen molar-refractivity contribution in [2.24, 2.45) is 0 Å². The number of pyridine rings is 1. The van der Waals surface area contributed by atoms with E-state index in [-0.39, 0.29) is 36.5 Å². The second kappa shape index (κ2) is 5.86. The Bertz CT molecular complexity index is 770. The number of nitro groups is 1. The van der Waals surface area contributed by atoms with Crippen LogP contribution < -0.4 is 4.90 Å². The second-order valence-corrected chi connectivity index (χ2v) is 5.24. The number of hydrogen-bond acceptors (Lipinski definition) is 4. The summed E-state index contributed by atoms with van der Waals surface area (Å²) >= 11 is 0. The third kappa shape index (κ3) is 2.84. The minimum atomic E-state index is -1.09. The van der Waals surface area contributed by atoms with Crippen molar-refractivity contribution >= 4 is 11.5 Å². The normalized spacial score (nSPS) is 17.5. The van der Waals surface area contributed by atoms with E-state index < -0.39 is 28.4 Å². The van der Waals surface area contributed by atoms with Gasteiger partial charge in [0.1, 0.15) is 17.8 Å². The van der Waals surface area contributed by atoms with Gasteiger partial charge in [0.05, 0.1) is 17.0 Å². The van der Waals surface area contributed by atoms with E-state index in [9.17, 15) is 23.3 Å². The van der Waals surface area contributed by atoms with Gasteiger partial charge in [-0.15, -0.1) is 0 Å². The van der Waals surface area contributed by atoms with E-state index >= 15 is 0 Å². The van der Waals surface area contributed by atoms with Crippen molar-refractivity contribution in [3.63, 3.8) is 0 Å². The van der Waals surface area contributed by atoms with Gasteiger partial charge < -0.3 is 4.90 Å². The Morgan fingerprint density at radius 1 is 1.26 bits per heavy atom. The zero-order valence-corrected chi connectivity index (χ0v) is 11.9. The SMILES string of the molecule is O=[N+]([O-])c1c(-c2cc(F)ccc2F)ccnc1N1CCC(F)C1. The minimum absolute atomic E-state index is 0.0110. The van der Waals surface area contributed by atoms with Crippen LogP contribution in [-0.2, 0) is 0 Å². The van der Waals surface area contributed by atoms with E-state index in [1.54, 1.807) is 0 Å². The maximum absolute atomic E-state index is 14.0. The summed E-state index contributed by atoms with van der Waals surface area (Å²) in [6.45, 7) is 0.271. The molecular formula is C15H12F3N3O2. The van der Waals surface area contributed by atoms with Gasteiger partial charge in [-0.3, -0.25) is 10.1 Å². The molecule has 0 bridgehead atoms. The number of hydrogen-bond donors (Lipinski definition) is 0. The van der Waals surface area contributed by atoms with Crippen LogP contribution in [0.3, 0.4) is 0 Å². The average molecular weight is 323 g/mol. The van der Waals surface area contributed by atoms with Gasteiger partial charge in [-0.1, -0.05) is 0 Å². The van der Waals surface area contributed by atoms with Crippen molar-refractivity contribution in [2.75, 3.05) is 18.0 Å². The lowest BCUT2D eigenvalue weighted by atomic mass is 10.0. The fourth-order valence-electron chi connectivity index (χ4n) is 2.69. The predicted octanol–water partition coefficient (Wildman–Crippen LogP) is 3.48. The molecule has 0 N–H and O–H groups in total. The van der Waals surface area contributed by atoms with Crippen LogP contribution in [0.2, 0.25) is 0 Å². The molecule has 120 valence electrons. The molecule has 2 aromatic rings. The van der Waals surface area contributed by atoms with Crippen LogP contribution >= 0.6 is 0 Å². The summed E-state index contributed by atoms with van der Waals surface area (Å²) in [4.78, 5) is 16.2. The van der Waals surface area contributed by atoms with Gasteiger partial charge in [0.2, 0.25) is 5.82 Å². The highest BCUT2D eigenvalue weighted by Crippen LogP contribution is 2.39. The van der Waals surface area contributed by atoms with Gasteiger partial charge in [0, 0.05) is 18.3 Å². The lowest BCUT2D eigenvalue weighted by Crippen LogP contribution is -2.22. The molecule has 1 atom stereocenters. The average Bonchev–Trinajstić information content (AvgIpc) is 2.95. The predicted molar refractivity (Wildman–Crippen MR) is 78.0 cm³/mol. The summed E-state index contributed by atoms with van der Waals surface area (Å²) < 4.78 is 40.8. The Hall–Kier alpha value is -2.64. The molecule has 1 aliphatic heterocycles. The van der Waals surface area contributed by atoms with Gasteiger partial charge in [0.25, 0.3) is 0 Å². The molecule has 0 amide bonds. The van der Waals surface area contributed by atoms with Crippen LogP contribution in [0.15, 0.2) is 30.5 Å². The first-order chi connectivity index (χ1) is 11.0. The molecule has 5 nitrogen and oxygen atoms in total. The Morgan fingerprint density at radius 3 is 2.70 bits per heavy atom. The summed E-state index contributed by atoms with van der Waals surface area (Å²) in [5.74, 6) is -1.52.